The van der Waals surface area contributed by atoms with Crippen molar-refractivity contribution in [3.8, 4) is 44.8 Å². The summed E-state index contributed by atoms with van der Waals surface area (Å²) < 4.78 is 30.5. The fourth-order valence-electron chi connectivity index (χ4n) is 7.40. The summed E-state index contributed by atoms with van der Waals surface area (Å²) in [6.45, 7) is 4.49. The van der Waals surface area contributed by atoms with Gasteiger partial charge in [-0.05, 0) is 103 Å². The van der Waals surface area contributed by atoms with Crippen molar-refractivity contribution in [3.05, 3.63) is 156 Å². The highest BCUT2D eigenvalue weighted by Gasteiger charge is 2.35. The summed E-state index contributed by atoms with van der Waals surface area (Å²) in [5, 5.41) is 4.75. The molecule has 0 atom stereocenters. The maximum Gasteiger partial charge on any atom is 0.137 e. The molecule has 1 aliphatic carbocycles. The third-order valence-corrected chi connectivity index (χ3v) is 9.64. The van der Waals surface area contributed by atoms with Crippen molar-refractivity contribution >= 4 is 27.2 Å². The molecule has 2 nitrogen and oxygen atoms in total. The Kier molecular flexibility index (Phi) is 5.64. The molecule has 0 saturated carbocycles. The van der Waals surface area contributed by atoms with Gasteiger partial charge in [-0.25, -0.2) is 13.8 Å². The molecule has 2 heterocycles. The number of hydrogen-bond donors (Lipinski definition) is 0. The molecule has 220 valence electrons. The topological polar surface area (TPSA) is 17.3 Å². The van der Waals surface area contributed by atoms with Crippen LogP contribution in [0.2, 0.25) is 0 Å². The zero-order chi connectivity index (χ0) is 31.2. The number of rotatable bonds is 4. The molecule has 46 heavy (non-hydrogen) atoms. The molecule has 1 aliphatic rings. The van der Waals surface area contributed by atoms with Crippen LogP contribution >= 0.6 is 0 Å². The second-order valence-corrected chi connectivity index (χ2v) is 12.8. The molecule has 0 bridgehead atoms. The van der Waals surface area contributed by atoms with E-state index in [4.69, 9.17) is 4.98 Å². The Labute approximate surface area is 265 Å². The van der Waals surface area contributed by atoms with Crippen LogP contribution in [0, 0.1) is 11.6 Å². The van der Waals surface area contributed by atoms with Crippen LogP contribution < -0.4 is 0 Å². The SMILES string of the molecule is CC1(C)c2cc(-c3ccc(-c4nc5ccccn5c4-c4ccccc4)cc3)cc3ccc4cc(-c5cc(F)cc(F)c5)cc1c4c23. The molecule has 0 unspecified atom stereocenters. The average Bonchev–Trinajstić information content (AvgIpc) is 3.57. The van der Waals surface area contributed by atoms with Crippen LogP contribution in [0.1, 0.15) is 25.0 Å². The van der Waals surface area contributed by atoms with Crippen molar-refractivity contribution in [1.82, 2.24) is 9.38 Å². The molecule has 0 spiro atoms. The maximum absolute atomic E-state index is 14.2. The van der Waals surface area contributed by atoms with Crippen molar-refractivity contribution < 1.29 is 8.78 Å². The van der Waals surface area contributed by atoms with Gasteiger partial charge in [0.25, 0.3) is 0 Å². The molecule has 0 N–H and O–H groups in total. The van der Waals surface area contributed by atoms with Crippen LogP contribution in [0.5, 0.6) is 0 Å². The predicted octanol–water partition coefficient (Wildman–Crippen LogP) is 11.2. The summed E-state index contributed by atoms with van der Waals surface area (Å²) in [6.07, 6.45) is 2.07. The Morgan fingerprint density at radius 3 is 1.74 bits per heavy atom. The number of halogens is 2. The fraction of sp³-hybridized carbons (Fsp3) is 0.0714. The quantitative estimate of drug-likeness (QED) is 0.184. The molecule has 0 saturated heterocycles. The van der Waals surface area contributed by atoms with Gasteiger partial charge in [0, 0.05) is 28.8 Å². The van der Waals surface area contributed by atoms with Crippen molar-refractivity contribution in [2.24, 2.45) is 0 Å². The summed E-state index contributed by atoms with van der Waals surface area (Å²) >= 11 is 0. The molecular weight excluding hydrogens is 570 g/mol. The Morgan fingerprint density at radius 1 is 0.522 bits per heavy atom. The Bertz CT molecular complexity index is 2490. The van der Waals surface area contributed by atoms with Gasteiger partial charge >= 0.3 is 0 Å². The van der Waals surface area contributed by atoms with E-state index in [1.165, 1.54) is 39.4 Å². The molecule has 0 amide bonds. The zero-order valence-electron chi connectivity index (χ0n) is 25.4. The predicted molar refractivity (Wildman–Crippen MR) is 184 cm³/mol. The lowest BCUT2D eigenvalue weighted by Crippen LogP contribution is -2.15. The van der Waals surface area contributed by atoms with E-state index in [-0.39, 0.29) is 5.41 Å². The van der Waals surface area contributed by atoms with Crippen molar-refractivity contribution in [1.29, 1.82) is 0 Å². The first kappa shape index (κ1) is 26.8. The molecule has 9 rings (SSSR count). The first-order valence-electron chi connectivity index (χ1n) is 15.5. The Balaban J connectivity index is 1.15. The number of aromatic nitrogens is 2. The lowest BCUT2D eigenvalue weighted by atomic mass is 9.80. The van der Waals surface area contributed by atoms with Gasteiger partial charge in [-0.15, -0.1) is 0 Å². The second kappa shape index (κ2) is 9.69. The van der Waals surface area contributed by atoms with E-state index in [0.717, 1.165) is 56.3 Å². The minimum absolute atomic E-state index is 0.293. The van der Waals surface area contributed by atoms with Crippen LogP contribution in [-0.4, -0.2) is 9.38 Å². The third-order valence-electron chi connectivity index (χ3n) is 9.64. The number of nitrogens with zero attached hydrogens (tertiary/aromatic N) is 2. The van der Waals surface area contributed by atoms with Crippen LogP contribution in [-0.2, 0) is 5.41 Å². The van der Waals surface area contributed by atoms with E-state index in [2.05, 4.69) is 103 Å². The van der Waals surface area contributed by atoms with Crippen molar-refractivity contribution in [3.63, 3.8) is 0 Å². The summed E-state index contributed by atoms with van der Waals surface area (Å²) in [7, 11) is 0. The number of pyridine rings is 1. The molecule has 0 radical (unpaired) electrons. The third kappa shape index (κ3) is 3.96. The normalized spacial score (nSPS) is 13.4. The largest absolute Gasteiger partial charge is 0.299 e. The standard InChI is InChI=1S/C42H28F2N2/c1-42(2)35-22-30(18-28-15-16-29-19-31(23-36(42)39(29)38(28)35)32-20-33(43)24-34(44)21-32)25-11-13-26(14-12-25)40-41(27-8-4-3-5-9-27)46-17-7-6-10-37(46)45-40/h3-24H,1-2H3. The highest BCUT2D eigenvalue weighted by Crippen LogP contribution is 2.51. The average molecular weight is 599 g/mol. The van der Waals surface area contributed by atoms with Crippen LogP contribution in [0.25, 0.3) is 72.0 Å². The lowest BCUT2D eigenvalue weighted by molar-refractivity contribution is 0.584. The van der Waals surface area contributed by atoms with E-state index >= 15 is 0 Å². The van der Waals surface area contributed by atoms with E-state index in [1.54, 1.807) is 0 Å². The van der Waals surface area contributed by atoms with Crippen molar-refractivity contribution in [2.75, 3.05) is 0 Å². The van der Waals surface area contributed by atoms with Gasteiger partial charge in [0.1, 0.15) is 17.3 Å². The van der Waals surface area contributed by atoms with E-state index in [1.807, 2.05) is 30.3 Å². The first-order valence-corrected chi connectivity index (χ1v) is 15.5. The first-order chi connectivity index (χ1) is 22.3. The number of fused-ring (bicyclic) bond motifs is 1. The minimum Gasteiger partial charge on any atom is -0.299 e. The summed E-state index contributed by atoms with van der Waals surface area (Å²) in [6, 6.07) is 42.0. The van der Waals surface area contributed by atoms with Gasteiger partial charge in [0.05, 0.1) is 11.4 Å². The van der Waals surface area contributed by atoms with Crippen LogP contribution in [0.15, 0.2) is 134 Å². The van der Waals surface area contributed by atoms with Gasteiger partial charge < -0.3 is 0 Å². The summed E-state index contributed by atoms with van der Waals surface area (Å²) in [5.41, 5.74) is 10.9. The van der Waals surface area contributed by atoms with Gasteiger partial charge in [0.2, 0.25) is 0 Å². The number of hydrogen-bond acceptors (Lipinski definition) is 1. The minimum atomic E-state index is -0.572. The van der Waals surface area contributed by atoms with Crippen LogP contribution in [0.4, 0.5) is 8.78 Å². The van der Waals surface area contributed by atoms with Gasteiger partial charge in [0.15, 0.2) is 0 Å². The Hall–Kier alpha value is -5.61. The van der Waals surface area contributed by atoms with Crippen molar-refractivity contribution in [2.45, 2.75) is 19.3 Å². The van der Waals surface area contributed by atoms with Crippen LogP contribution in [0.3, 0.4) is 0 Å². The monoisotopic (exact) mass is 598 g/mol. The summed E-state index contributed by atoms with van der Waals surface area (Å²) in [5.74, 6) is -1.14. The number of benzene rings is 6. The molecule has 4 heteroatoms. The van der Waals surface area contributed by atoms with Gasteiger partial charge in [-0.2, -0.15) is 0 Å². The smallest absolute Gasteiger partial charge is 0.137 e. The highest BCUT2D eigenvalue weighted by molar-refractivity contribution is 6.16. The molecule has 0 fully saturated rings. The highest BCUT2D eigenvalue weighted by atomic mass is 19.1. The molecule has 0 aliphatic heterocycles. The molecule has 2 aromatic heterocycles. The molecule has 8 aromatic rings. The summed E-state index contributed by atoms with van der Waals surface area (Å²) in [4.78, 5) is 5.04. The Morgan fingerprint density at radius 2 is 1.09 bits per heavy atom. The maximum atomic E-state index is 14.2. The number of imidazole rings is 1. The van der Waals surface area contributed by atoms with E-state index in [0.29, 0.717) is 5.56 Å². The van der Waals surface area contributed by atoms with E-state index < -0.39 is 11.6 Å². The second-order valence-electron chi connectivity index (χ2n) is 12.8. The van der Waals surface area contributed by atoms with Gasteiger partial charge in [-0.1, -0.05) is 86.6 Å². The van der Waals surface area contributed by atoms with E-state index in [9.17, 15) is 8.78 Å². The fourth-order valence-corrected chi connectivity index (χ4v) is 7.40. The van der Waals surface area contributed by atoms with Gasteiger partial charge in [-0.3, -0.25) is 4.40 Å². The molecular formula is C42H28F2N2. The zero-order valence-corrected chi connectivity index (χ0v) is 25.4. The molecule has 6 aromatic carbocycles. The lowest BCUT2D eigenvalue weighted by Gasteiger charge is -2.23.